The van der Waals surface area contributed by atoms with E-state index in [1.807, 2.05) is 43.3 Å². The molecular weight excluding hydrogens is 216 g/mol. The summed E-state index contributed by atoms with van der Waals surface area (Å²) in [6.07, 6.45) is 0. The molecule has 0 spiro atoms. The highest BCUT2D eigenvalue weighted by Crippen LogP contribution is 2.15. The molecule has 2 rings (SSSR count). The molecule has 0 bridgehead atoms. The Hall–Kier alpha value is -1.58. The van der Waals surface area contributed by atoms with Gasteiger partial charge in [0.05, 0.1) is 6.61 Å². The zero-order valence-corrected chi connectivity index (χ0v) is 9.85. The van der Waals surface area contributed by atoms with E-state index in [2.05, 4.69) is 0 Å². The number of hydrogen-bond donors (Lipinski definition) is 1. The second kappa shape index (κ2) is 5.66. The third kappa shape index (κ3) is 3.19. The lowest BCUT2D eigenvalue weighted by molar-refractivity contribution is 0.0905. The van der Waals surface area contributed by atoms with Gasteiger partial charge in [-0.25, -0.2) is 0 Å². The van der Waals surface area contributed by atoms with Crippen LogP contribution in [0.15, 0.2) is 40.8 Å². The molecule has 2 aromatic rings. The second-order valence-corrected chi connectivity index (χ2v) is 3.96. The molecule has 1 N–H and O–H groups in total. The average Bonchev–Trinajstić information content (AvgIpc) is 2.71. The molecule has 0 amide bonds. The third-order valence-corrected chi connectivity index (χ3v) is 2.57. The van der Waals surface area contributed by atoms with Crippen LogP contribution in [-0.2, 0) is 24.6 Å². The normalized spacial score (nSPS) is 10.7. The highest BCUT2D eigenvalue weighted by molar-refractivity contribution is 5.19. The van der Waals surface area contributed by atoms with Gasteiger partial charge in [0.25, 0.3) is 0 Å². The van der Waals surface area contributed by atoms with Crippen LogP contribution in [0, 0.1) is 6.92 Å². The smallest absolute Gasteiger partial charge is 0.132 e. The zero-order valence-electron chi connectivity index (χ0n) is 9.85. The lowest BCUT2D eigenvalue weighted by Crippen LogP contribution is -1.92. The van der Waals surface area contributed by atoms with Gasteiger partial charge in [-0.2, -0.15) is 0 Å². The van der Waals surface area contributed by atoms with Crippen LogP contribution in [0.5, 0.6) is 0 Å². The van der Waals surface area contributed by atoms with Gasteiger partial charge in [-0.1, -0.05) is 30.3 Å². The summed E-state index contributed by atoms with van der Waals surface area (Å²) in [6.45, 7) is 2.84. The van der Waals surface area contributed by atoms with Gasteiger partial charge in [0, 0.05) is 0 Å². The summed E-state index contributed by atoms with van der Waals surface area (Å²) in [4.78, 5) is 0. The largest absolute Gasteiger partial charge is 0.461 e. The predicted molar refractivity (Wildman–Crippen MR) is 64.3 cm³/mol. The van der Waals surface area contributed by atoms with E-state index in [9.17, 15) is 0 Å². The predicted octanol–water partition coefficient (Wildman–Crippen LogP) is 2.80. The Labute approximate surface area is 101 Å². The van der Waals surface area contributed by atoms with Crippen molar-refractivity contribution < 1.29 is 14.3 Å². The van der Waals surface area contributed by atoms with Crippen molar-refractivity contribution in [3.8, 4) is 0 Å². The lowest BCUT2D eigenvalue weighted by Gasteiger charge is -2.01. The summed E-state index contributed by atoms with van der Waals surface area (Å²) in [5, 5.41) is 9.00. The van der Waals surface area contributed by atoms with Crippen molar-refractivity contribution in [2.24, 2.45) is 0 Å². The van der Waals surface area contributed by atoms with Crippen LogP contribution < -0.4 is 0 Å². The first-order valence-electron chi connectivity index (χ1n) is 5.60. The summed E-state index contributed by atoms with van der Waals surface area (Å²) in [7, 11) is 0. The fourth-order valence-electron chi connectivity index (χ4n) is 1.66. The number of hydrogen-bond acceptors (Lipinski definition) is 3. The molecule has 3 heteroatoms. The molecule has 0 fully saturated rings. The zero-order chi connectivity index (χ0) is 12.1. The SMILES string of the molecule is Cc1cc(COCc2ccccc2)oc1CO. The third-order valence-electron chi connectivity index (χ3n) is 2.57. The summed E-state index contributed by atoms with van der Waals surface area (Å²) in [6, 6.07) is 11.9. The highest BCUT2D eigenvalue weighted by atomic mass is 16.5. The number of benzene rings is 1. The Bertz CT molecular complexity index is 460. The van der Waals surface area contributed by atoms with Crippen molar-refractivity contribution in [3.05, 3.63) is 59.0 Å². The minimum atomic E-state index is -0.0650. The van der Waals surface area contributed by atoms with E-state index in [1.165, 1.54) is 0 Å². The summed E-state index contributed by atoms with van der Waals surface area (Å²) in [5.41, 5.74) is 2.10. The van der Waals surface area contributed by atoms with Crippen molar-refractivity contribution in [1.82, 2.24) is 0 Å². The van der Waals surface area contributed by atoms with Crippen LogP contribution in [0.1, 0.15) is 22.6 Å². The molecule has 0 aliphatic carbocycles. The van der Waals surface area contributed by atoms with Gasteiger partial charge in [0.15, 0.2) is 0 Å². The Morgan fingerprint density at radius 3 is 2.59 bits per heavy atom. The van der Waals surface area contributed by atoms with Crippen LogP contribution in [-0.4, -0.2) is 5.11 Å². The van der Waals surface area contributed by atoms with Gasteiger partial charge in [0.1, 0.15) is 24.7 Å². The maximum Gasteiger partial charge on any atom is 0.132 e. The number of aliphatic hydroxyl groups excluding tert-OH is 1. The van der Waals surface area contributed by atoms with Gasteiger partial charge in [-0.15, -0.1) is 0 Å². The van der Waals surface area contributed by atoms with Gasteiger partial charge in [0.2, 0.25) is 0 Å². The van der Waals surface area contributed by atoms with Crippen LogP contribution in [0.25, 0.3) is 0 Å². The van der Waals surface area contributed by atoms with E-state index in [4.69, 9.17) is 14.3 Å². The molecule has 0 aliphatic heterocycles. The first-order chi connectivity index (χ1) is 8.29. The molecule has 0 aliphatic rings. The van der Waals surface area contributed by atoms with Crippen LogP contribution in [0.3, 0.4) is 0 Å². The molecule has 0 radical (unpaired) electrons. The molecule has 1 heterocycles. The Morgan fingerprint density at radius 2 is 1.94 bits per heavy atom. The number of furan rings is 1. The van der Waals surface area contributed by atoms with Gasteiger partial charge < -0.3 is 14.3 Å². The summed E-state index contributed by atoms with van der Waals surface area (Å²) < 4.78 is 11.0. The monoisotopic (exact) mass is 232 g/mol. The van der Waals surface area contributed by atoms with E-state index in [1.54, 1.807) is 0 Å². The van der Waals surface area contributed by atoms with E-state index < -0.39 is 0 Å². The van der Waals surface area contributed by atoms with Crippen LogP contribution in [0.2, 0.25) is 0 Å². The van der Waals surface area contributed by atoms with Crippen LogP contribution in [0.4, 0.5) is 0 Å². The van der Waals surface area contributed by atoms with Crippen molar-refractivity contribution in [1.29, 1.82) is 0 Å². The van der Waals surface area contributed by atoms with Crippen molar-refractivity contribution in [3.63, 3.8) is 0 Å². The van der Waals surface area contributed by atoms with Crippen molar-refractivity contribution in [2.45, 2.75) is 26.7 Å². The minimum Gasteiger partial charge on any atom is -0.461 e. The fraction of sp³-hybridized carbons (Fsp3) is 0.286. The topological polar surface area (TPSA) is 42.6 Å². The Kier molecular flexibility index (Phi) is 3.96. The first-order valence-corrected chi connectivity index (χ1v) is 5.60. The quantitative estimate of drug-likeness (QED) is 0.862. The molecule has 3 nitrogen and oxygen atoms in total. The highest BCUT2D eigenvalue weighted by Gasteiger charge is 2.06. The molecule has 0 unspecified atom stereocenters. The van der Waals surface area contributed by atoms with E-state index in [-0.39, 0.29) is 6.61 Å². The molecule has 0 saturated heterocycles. The Morgan fingerprint density at radius 1 is 1.18 bits per heavy atom. The van der Waals surface area contributed by atoms with E-state index >= 15 is 0 Å². The molecule has 1 aromatic carbocycles. The van der Waals surface area contributed by atoms with Gasteiger partial charge in [-0.3, -0.25) is 0 Å². The molecular formula is C14H16O3. The van der Waals surface area contributed by atoms with E-state index in [0.717, 1.165) is 16.9 Å². The van der Waals surface area contributed by atoms with Gasteiger partial charge >= 0.3 is 0 Å². The standard InChI is InChI=1S/C14H16O3/c1-11-7-13(17-14(11)8-15)10-16-9-12-5-3-2-4-6-12/h2-7,15H,8-10H2,1H3. The fourth-order valence-corrected chi connectivity index (χ4v) is 1.66. The Balaban J connectivity index is 1.86. The first kappa shape index (κ1) is 11.9. The van der Waals surface area contributed by atoms with Crippen LogP contribution >= 0.6 is 0 Å². The van der Waals surface area contributed by atoms with E-state index in [0.29, 0.717) is 19.0 Å². The average molecular weight is 232 g/mol. The molecule has 1 aromatic heterocycles. The molecule has 0 atom stereocenters. The molecule has 0 saturated carbocycles. The number of aliphatic hydroxyl groups is 1. The number of aryl methyl sites for hydroxylation is 1. The van der Waals surface area contributed by atoms with Crippen molar-refractivity contribution in [2.75, 3.05) is 0 Å². The van der Waals surface area contributed by atoms with Gasteiger partial charge in [-0.05, 0) is 24.1 Å². The molecule has 90 valence electrons. The molecule has 17 heavy (non-hydrogen) atoms. The van der Waals surface area contributed by atoms with Crippen molar-refractivity contribution >= 4 is 0 Å². The number of rotatable bonds is 5. The lowest BCUT2D eigenvalue weighted by atomic mass is 10.2. The maximum atomic E-state index is 9.00. The maximum absolute atomic E-state index is 9.00. The minimum absolute atomic E-state index is 0.0650. The number of ether oxygens (including phenoxy) is 1. The summed E-state index contributed by atoms with van der Waals surface area (Å²) in [5.74, 6) is 1.37. The summed E-state index contributed by atoms with van der Waals surface area (Å²) >= 11 is 0. The second-order valence-electron chi connectivity index (χ2n) is 3.96.